The molecule has 1 N–H and O–H groups in total. The molecule has 8 heteroatoms. The minimum Gasteiger partial charge on any atom is -0.481 e. The highest BCUT2D eigenvalue weighted by molar-refractivity contribution is 5.77. The van der Waals surface area contributed by atoms with Crippen molar-refractivity contribution in [2.75, 3.05) is 13.1 Å². The van der Waals surface area contributed by atoms with E-state index in [4.69, 9.17) is 5.11 Å². The second-order valence-corrected chi connectivity index (χ2v) is 6.24. The van der Waals surface area contributed by atoms with Gasteiger partial charge in [-0.15, -0.1) is 0 Å². The number of likely N-dealkylation sites (tertiary alicyclic amines) is 1. The van der Waals surface area contributed by atoms with E-state index in [0.717, 1.165) is 4.68 Å². The SMILES string of the molecule is O=C(O)[C@H]1CCCN(C(=O)Cn2nc(-c3ccc(F)cc3)ccc2=O)C1. The van der Waals surface area contributed by atoms with Crippen molar-refractivity contribution in [1.29, 1.82) is 0 Å². The largest absolute Gasteiger partial charge is 0.481 e. The number of carboxylic acids is 1. The topological polar surface area (TPSA) is 92.5 Å². The van der Waals surface area contributed by atoms with E-state index in [1.165, 1.54) is 41.3 Å². The van der Waals surface area contributed by atoms with Crippen LogP contribution < -0.4 is 5.56 Å². The van der Waals surface area contributed by atoms with Crippen molar-refractivity contribution in [3.8, 4) is 11.3 Å². The molecule has 0 saturated carbocycles. The lowest BCUT2D eigenvalue weighted by atomic mass is 9.98. The Labute approximate surface area is 148 Å². The number of hydrogen-bond acceptors (Lipinski definition) is 4. The minimum absolute atomic E-state index is 0.139. The maximum atomic E-state index is 13.0. The summed E-state index contributed by atoms with van der Waals surface area (Å²) in [4.78, 5) is 37.1. The molecule has 0 bridgehead atoms. The molecule has 7 nitrogen and oxygen atoms in total. The fourth-order valence-electron chi connectivity index (χ4n) is 2.97. The van der Waals surface area contributed by atoms with Crippen molar-refractivity contribution in [1.82, 2.24) is 14.7 Å². The Kier molecular flexibility index (Phi) is 5.11. The fourth-order valence-corrected chi connectivity index (χ4v) is 2.97. The molecule has 1 amide bonds. The zero-order valence-corrected chi connectivity index (χ0v) is 14.0. The van der Waals surface area contributed by atoms with E-state index in [1.54, 1.807) is 0 Å². The lowest BCUT2D eigenvalue weighted by molar-refractivity contribution is -0.145. The summed E-state index contributed by atoms with van der Waals surface area (Å²) < 4.78 is 14.1. The predicted molar refractivity (Wildman–Crippen MR) is 90.8 cm³/mol. The van der Waals surface area contributed by atoms with E-state index >= 15 is 0 Å². The molecule has 1 aliphatic heterocycles. The van der Waals surface area contributed by atoms with Crippen LogP contribution in [0.4, 0.5) is 4.39 Å². The molecule has 2 aromatic rings. The second kappa shape index (κ2) is 7.47. The standard InChI is InChI=1S/C18H18FN3O4/c19-14-5-3-12(4-6-14)15-7-8-16(23)22(20-15)11-17(24)21-9-1-2-13(10-21)18(25)26/h3-8,13H,1-2,9-11H2,(H,25,26)/t13-/m0/s1. The number of carbonyl (C=O) groups is 2. The van der Waals surface area contributed by atoms with Crippen LogP contribution in [0.15, 0.2) is 41.2 Å². The molecule has 0 unspecified atom stereocenters. The number of benzene rings is 1. The van der Waals surface area contributed by atoms with E-state index in [0.29, 0.717) is 30.6 Å². The summed E-state index contributed by atoms with van der Waals surface area (Å²) in [5.74, 6) is -2.23. The number of aromatic nitrogens is 2. The van der Waals surface area contributed by atoms with Gasteiger partial charge >= 0.3 is 5.97 Å². The molecule has 1 saturated heterocycles. The molecule has 136 valence electrons. The zero-order valence-electron chi connectivity index (χ0n) is 14.0. The van der Waals surface area contributed by atoms with Crippen molar-refractivity contribution in [3.63, 3.8) is 0 Å². The molecular weight excluding hydrogens is 341 g/mol. The normalized spacial score (nSPS) is 17.1. The van der Waals surface area contributed by atoms with Gasteiger partial charge in [0.05, 0.1) is 11.6 Å². The first-order valence-electron chi connectivity index (χ1n) is 8.29. The predicted octanol–water partition coefficient (Wildman–Crippen LogP) is 1.37. The van der Waals surface area contributed by atoms with Crippen molar-refractivity contribution < 1.29 is 19.1 Å². The van der Waals surface area contributed by atoms with Gasteiger partial charge in [0.25, 0.3) is 5.56 Å². The number of nitrogens with zero attached hydrogens (tertiary/aromatic N) is 3. The first-order chi connectivity index (χ1) is 12.4. The number of piperidine rings is 1. The van der Waals surface area contributed by atoms with Gasteiger partial charge in [0, 0.05) is 24.7 Å². The Morgan fingerprint density at radius 3 is 2.62 bits per heavy atom. The average Bonchev–Trinajstić information content (AvgIpc) is 2.64. The minimum atomic E-state index is -0.920. The van der Waals surface area contributed by atoms with Crippen LogP contribution in [0.5, 0.6) is 0 Å². The van der Waals surface area contributed by atoms with Gasteiger partial charge in [-0.25, -0.2) is 9.07 Å². The first-order valence-corrected chi connectivity index (χ1v) is 8.29. The third-order valence-electron chi connectivity index (χ3n) is 4.41. The second-order valence-electron chi connectivity index (χ2n) is 6.24. The Morgan fingerprint density at radius 1 is 1.19 bits per heavy atom. The van der Waals surface area contributed by atoms with Gasteiger partial charge in [0.1, 0.15) is 12.4 Å². The summed E-state index contributed by atoms with van der Waals surface area (Å²) in [6.45, 7) is 0.343. The molecule has 1 aromatic carbocycles. The number of rotatable bonds is 4. The highest BCUT2D eigenvalue weighted by Gasteiger charge is 2.28. The summed E-state index contributed by atoms with van der Waals surface area (Å²) >= 11 is 0. The molecule has 26 heavy (non-hydrogen) atoms. The van der Waals surface area contributed by atoms with Crippen LogP contribution in [0.1, 0.15) is 12.8 Å². The number of halogens is 1. The van der Waals surface area contributed by atoms with E-state index in [2.05, 4.69) is 5.10 Å². The molecule has 0 aliphatic carbocycles. The maximum absolute atomic E-state index is 13.0. The lowest BCUT2D eigenvalue weighted by Gasteiger charge is -2.30. The van der Waals surface area contributed by atoms with Crippen molar-refractivity contribution in [3.05, 3.63) is 52.6 Å². The Hall–Kier alpha value is -3.03. The molecule has 2 heterocycles. The molecule has 1 atom stereocenters. The van der Waals surface area contributed by atoms with Gasteiger partial charge in [-0.05, 0) is 43.2 Å². The highest BCUT2D eigenvalue weighted by Crippen LogP contribution is 2.18. The molecule has 1 aliphatic rings. The van der Waals surface area contributed by atoms with Crippen LogP contribution in [0.25, 0.3) is 11.3 Å². The monoisotopic (exact) mass is 359 g/mol. The van der Waals surface area contributed by atoms with Crippen molar-refractivity contribution >= 4 is 11.9 Å². The number of carbonyl (C=O) groups excluding carboxylic acids is 1. The van der Waals surface area contributed by atoms with Crippen LogP contribution in [-0.4, -0.2) is 44.8 Å². The quantitative estimate of drug-likeness (QED) is 0.890. The fraction of sp³-hybridized carbons (Fsp3) is 0.333. The summed E-state index contributed by atoms with van der Waals surface area (Å²) in [6.07, 6.45) is 1.15. The summed E-state index contributed by atoms with van der Waals surface area (Å²) in [7, 11) is 0. The third kappa shape index (κ3) is 3.96. The van der Waals surface area contributed by atoms with Gasteiger partial charge in [0.2, 0.25) is 5.91 Å². The maximum Gasteiger partial charge on any atom is 0.308 e. The van der Waals surface area contributed by atoms with Crippen LogP contribution >= 0.6 is 0 Å². The van der Waals surface area contributed by atoms with E-state index in [1.807, 2.05) is 0 Å². The average molecular weight is 359 g/mol. The number of hydrogen-bond donors (Lipinski definition) is 1. The molecule has 0 radical (unpaired) electrons. The molecule has 1 fully saturated rings. The smallest absolute Gasteiger partial charge is 0.308 e. The van der Waals surface area contributed by atoms with Crippen LogP contribution in [0.2, 0.25) is 0 Å². The number of amides is 1. The first kappa shape index (κ1) is 17.8. The lowest BCUT2D eigenvalue weighted by Crippen LogP contribution is -2.44. The molecular formula is C18H18FN3O4. The third-order valence-corrected chi connectivity index (χ3v) is 4.41. The number of aliphatic carboxylic acids is 1. The summed E-state index contributed by atoms with van der Waals surface area (Å²) in [5.41, 5.74) is 0.631. The van der Waals surface area contributed by atoms with Crippen molar-refractivity contribution in [2.45, 2.75) is 19.4 Å². The van der Waals surface area contributed by atoms with E-state index in [9.17, 15) is 18.8 Å². The van der Waals surface area contributed by atoms with Crippen LogP contribution in [0.3, 0.4) is 0 Å². The van der Waals surface area contributed by atoms with Gasteiger partial charge in [0.15, 0.2) is 0 Å². The van der Waals surface area contributed by atoms with Gasteiger partial charge in [-0.3, -0.25) is 14.4 Å². The molecule has 3 rings (SSSR count). The Bertz CT molecular complexity index is 879. The van der Waals surface area contributed by atoms with E-state index < -0.39 is 17.4 Å². The number of carboxylic acid groups (broad SMARTS) is 1. The Balaban J connectivity index is 1.77. The van der Waals surface area contributed by atoms with E-state index in [-0.39, 0.29) is 24.8 Å². The molecule has 1 aromatic heterocycles. The highest BCUT2D eigenvalue weighted by atomic mass is 19.1. The zero-order chi connectivity index (χ0) is 18.7. The van der Waals surface area contributed by atoms with Crippen molar-refractivity contribution in [2.24, 2.45) is 5.92 Å². The Morgan fingerprint density at radius 2 is 1.92 bits per heavy atom. The summed E-state index contributed by atoms with van der Waals surface area (Å²) in [5, 5.41) is 13.3. The van der Waals surface area contributed by atoms with Gasteiger partial charge < -0.3 is 10.0 Å². The van der Waals surface area contributed by atoms with Gasteiger partial charge in [-0.2, -0.15) is 5.10 Å². The van der Waals surface area contributed by atoms with Gasteiger partial charge in [-0.1, -0.05) is 0 Å². The van der Waals surface area contributed by atoms with Crippen LogP contribution in [0, 0.1) is 11.7 Å². The summed E-state index contributed by atoms with van der Waals surface area (Å²) in [6, 6.07) is 8.47. The van der Waals surface area contributed by atoms with Crippen LogP contribution in [-0.2, 0) is 16.1 Å². The molecule has 0 spiro atoms.